The van der Waals surface area contributed by atoms with Gasteiger partial charge in [0.05, 0.1) is 39.6 Å². The Labute approximate surface area is 296 Å². The van der Waals surface area contributed by atoms with Crippen molar-refractivity contribution in [1.29, 1.82) is 0 Å². The third-order valence-electron chi connectivity index (χ3n) is 9.28. The number of methoxy groups -OCH3 is 6. The van der Waals surface area contributed by atoms with E-state index < -0.39 is 5.41 Å². The van der Waals surface area contributed by atoms with Crippen LogP contribution in [-0.2, 0) is 79.9 Å². The summed E-state index contributed by atoms with van der Waals surface area (Å²) in [5.74, 6) is 0.394. The first-order valence-corrected chi connectivity index (χ1v) is 16.6. The maximum Gasteiger partial charge on any atom is 0.126 e. The predicted molar refractivity (Wildman–Crippen MR) is 193 cm³/mol. The largest absolute Gasteiger partial charge is 0.507 e. The highest BCUT2D eigenvalue weighted by atomic mass is 16.5. The van der Waals surface area contributed by atoms with Crippen molar-refractivity contribution >= 4 is 0 Å². The molecule has 1 unspecified atom stereocenters. The molecule has 0 aliphatic heterocycles. The number of phenolic OH excluding ortho intramolecular Hbond substituents is 3. The van der Waals surface area contributed by atoms with E-state index in [1.807, 2.05) is 36.4 Å². The number of aromatic hydroxyl groups is 3. The number of benzene rings is 4. The van der Waals surface area contributed by atoms with Crippen LogP contribution in [0.5, 0.6) is 17.2 Å². The summed E-state index contributed by atoms with van der Waals surface area (Å²) in [4.78, 5) is 0. The van der Waals surface area contributed by atoms with Gasteiger partial charge in [0.1, 0.15) is 17.2 Å². The van der Waals surface area contributed by atoms with Gasteiger partial charge >= 0.3 is 0 Å². The van der Waals surface area contributed by atoms with Crippen LogP contribution in [0.4, 0.5) is 0 Å². The molecule has 0 aromatic heterocycles. The molecule has 0 radical (unpaired) electrons. The molecule has 0 heterocycles. The third-order valence-corrected chi connectivity index (χ3v) is 9.28. The SMILES string of the molecule is COCc1cc(CC(c2ccc(C(C)(C)c3cc(COC)c(O)c(COC)c3)cc2)c2cc(COC)c(O)c(COC)c2)cc(COC)c1O. The molecule has 1 atom stereocenters. The van der Waals surface area contributed by atoms with Gasteiger partial charge in [0.25, 0.3) is 0 Å². The summed E-state index contributed by atoms with van der Waals surface area (Å²) >= 11 is 0. The Balaban J connectivity index is 1.85. The smallest absolute Gasteiger partial charge is 0.126 e. The van der Waals surface area contributed by atoms with Gasteiger partial charge in [0, 0.05) is 87.4 Å². The molecule has 50 heavy (non-hydrogen) atoms. The quantitative estimate of drug-likeness (QED) is 0.0985. The standard InChI is InChI=1S/C41H52O9/c1-41(2,36-18-33(24-49-7)40(44)34(19-36)25-50-8)35-11-9-27(10-12-35)37(28-16-31(22-47-5)39(43)32(17-28)23-48-6)15-26-13-29(20-45-3)38(42)30(14-26)21-46-4/h9-14,16-19,37,42-44H,15,20-25H2,1-8H3. The van der Waals surface area contributed by atoms with Crippen molar-refractivity contribution in [2.45, 2.75) is 71.2 Å². The van der Waals surface area contributed by atoms with Crippen LogP contribution in [-0.4, -0.2) is 58.0 Å². The molecule has 0 aliphatic carbocycles. The van der Waals surface area contributed by atoms with E-state index in [-0.39, 0.29) is 62.8 Å². The van der Waals surface area contributed by atoms with Crippen molar-refractivity contribution in [3.8, 4) is 17.2 Å². The molecule has 4 rings (SSSR count). The van der Waals surface area contributed by atoms with E-state index in [0.29, 0.717) is 39.8 Å². The zero-order valence-electron chi connectivity index (χ0n) is 30.6. The zero-order valence-corrected chi connectivity index (χ0v) is 30.6. The molecule has 0 saturated heterocycles. The zero-order chi connectivity index (χ0) is 36.4. The first-order chi connectivity index (χ1) is 24.0. The Bertz CT molecular complexity index is 1630. The number of ether oxygens (including phenoxy) is 6. The second-order valence-corrected chi connectivity index (χ2v) is 13.2. The average molecular weight is 689 g/mol. The van der Waals surface area contributed by atoms with Crippen LogP contribution in [0, 0.1) is 0 Å². The summed E-state index contributed by atoms with van der Waals surface area (Å²) < 4.78 is 32.5. The van der Waals surface area contributed by atoms with E-state index in [1.165, 1.54) is 0 Å². The molecule has 4 aromatic carbocycles. The van der Waals surface area contributed by atoms with Crippen molar-refractivity contribution in [1.82, 2.24) is 0 Å². The number of rotatable bonds is 18. The van der Waals surface area contributed by atoms with Crippen molar-refractivity contribution in [2.24, 2.45) is 0 Å². The molecular weight excluding hydrogens is 636 g/mol. The molecule has 9 nitrogen and oxygen atoms in total. The average Bonchev–Trinajstić information content (AvgIpc) is 3.09. The van der Waals surface area contributed by atoms with Crippen molar-refractivity contribution in [2.75, 3.05) is 42.7 Å². The van der Waals surface area contributed by atoms with Gasteiger partial charge in [-0.2, -0.15) is 0 Å². The summed E-state index contributed by atoms with van der Waals surface area (Å²) in [5.41, 5.74) is 8.94. The second kappa shape index (κ2) is 17.8. The minimum Gasteiger partial charge on any atom is -0.507 e. The highest BCUT2D eigenvalue weighted by Gasteiger charge is 2.27. The van der Waals surface area contributed by atoms with Crippen LogP contribution in [0.1, 0.15) is 81.0 Å². The lowest BCUT2D eigenvalue weighted by Gasteiger charge is -2.29. The topological polar surface area (TPSA) is 116 Å². The molecule has 0 saturated carbocycles. The van der Waals surface area contributed by atoms with Crippen molar-refractivity contribution in [3.05, 3.63) is 122 Å². The second-order valence-electron chi connectivity index (χ2n) is 13.2. The van der Waals surface area contributed by atoms with Gasteiger partial charge in [-0.15, -0.1) is 0 Å². The molecule has 270 valence electrons. The van der Waals surface area contributed by atoms with E-state index in [9.17, 15) is 15.3 Å². The Morgan fingerprint density at radius 1 is 0.460 bits per heavy atom. The van der Waals surface area contributed by atoms with E-state index in [0.717, 1.165) is 27.8 Å². The Hall–Kier alpha value is -3.96. The minimum absolute atomic E-state index is 0.135. The third kappa shape index (κ3) is 8.84. The molecule has 4 aromatic rings. The van der Waals surface area contributed by atoms with E-state index >= 15 is 0 Å². The summed E-state index contributed by atoms with van der Waals surface area (Å²) in [7, 11) is 9.65. The number of hydrogen-bond donors (Lipinski definition) is 3. The summed E-state index contributed by atoms with van der Waals surface area (Å²) in [6.45, 7) is 5.90. The lowest BCUT2D eigenvalue weighted by Crippen LogP contribution is -2.20. The van der Waals surface area contributed by atoms with Gasteiger partial charge in [-0.1, -0.05) is 38.1 Å². The Morgan fingerprint density at radius 3 is 1.16 bits per heavy atom. The summed E-state index contributed by atoms with van der Waals surface area (Å²) in [6.07, 6.45) is 0.596. The van der Waals surface area contributed by atoms with Crippen molar-refractivity contribution in [3.63, 3.8) is 0 Å². The molecule has 0 fully saturated rings. The molecule has 0 amide bonds. The van der Waals surface area contributed by atoms with Crippen LogP contribution in [0.2, 0.25) is 0 Å². The molecular formula is C41H52O9. The van der Waals surface area contributed by atoms with Gasteiger partial charge in [-0.3, -0.25) is 0 Å². The van der Waals surface area contributed by atoms with Crippen LogP contribution in [0.3, 0.4) is 0 Å². The van der Waals surface area contributed by atoms with Gasteiger partial charge in [-0.05, 0) is 70.6 Å². The van der Waals surface area contributed by atoms with E-state index in [4.69, 9.17) is 28.4 Å². The van der Waals surface area contributed by atoms with Crippen LogP contribution in [0.15, 0.2) is 60.7 Å². The van der Waals surface area contributed by atoms with Crippen LogP contribution >= 0.6 is 0 Å². The van der Waals surface area contributed by atoms with Crippen LogP contribution in [0.25, 0.3) is 0 Å². The van der Waals surface area contributed by atoms with E-state index in [2.05, 4.69) is 38.1 Å². The summed E-state index contributed by atoms with van der Waals surface area (Å²) in [6, 6.07) is 20.6. The van der Waals surface area contributed by atoms with Crippen molar-refractivity contribution < 1.29 is 43.7 Å². The maximum absolute atomic E-state index is 11.0. The highest BCUT2D eigenvalue weighted by molar-refractivity contribution is 5.51. The van der Waals surface area contributed by atoms with E-state index in [1.54, 1.807) is 42.7 Å². The number of hydrogen-bond acceptors (Lipinski definition) is 9. The van der Waals surface area contributed by atoms with Gasteiger partial charge in [-0.25, -0.2) is 0 Å². The lowest BCUT2D eigenvalue weighted by molar-refractivity contribution is 0.174. The monoisotopic (exact) mass is 688 g/mol. The fourth-order valence-electron chi connectivity index (χ4n) is 6.61. The normalized spacial score (nSPS) is 12.4. The Kier molecular flexibility index (Phi) is 13.8. The first kappa shape index (κ1) is 38.8. The highest BCUT2D eigenvalue weighted by Crippen LogP contribution is 2.40. The lowest BCUT2D eigenvalue weighted by atomic mass is 9.76. The van der Waals surface area contributed by atoms with Gasteiger partial charge in [0.2, 0.25) is 0 Å². The molecule has 3 N–H and O–H groups in total. The van der Waals surface area contributed by atoms with Crippen LogP contribution < -0.4 is 0 Å². The number of phenols is 3. The fourth-order valence-corrected chi connectivity index (χ4v) is 6.61. The maximum atomic E-state index is 11.0. The first-order valence-electron chi connectivity index (χ1n) is 16.6. The molecule has 0 spiro atoms. The molecule has 0 aliphatic rings. The fraction of sp³-hybridized carbons (Fsp3) is 0.415. The predicted octanol–water partition coefficient (Wildman–Crippen LogP) is 7.38. The van der Waals surface area contributed by atoms with Gasteiger partial charge in [0.15, 0.2) is 0 Å². The minimum atomic E-state index is -0.413. The summed E-state index contributed by atoms with van der Waals surface area (Å²) in [5, 5.41) is 32.8. The Morgan fingerprint density at radius 2 is 0.800 bits per heavy atom. The van der Waals surface area contributed by atoms with Gasteiger partial charge < -0.3 is 43.7 Å². The molecule has 9 heteroatoms. The molecule has 0 bridgehead atoms.